The van der Waals surface area contributed by atoms with Crippen molar-refractivity contribution >= 4 is 11.9 Å². The Morgan fingerprint density at radius 2 is 2.13 bits per heavy atom. The first kappa shape index (κ1) is 11.8. The molecule has 1 aliphatic rings. The van der Waals surface area contributed by atoms with Gasteiger partial charge in [0.05, 0.1) is 5.41 Å². The number of carboxylic acids is 1. The van der Waals surface area contributed by atoms with Crippen LogP contribution in [-0.4, -0.2) is 35.0 Å². The molecule has 84 valence electrons. The first-order valence-electron chi connectivity index (χ1n) is 5.14. The second-order valence-corrected chi connectivity index (χ2v) is 4.23. The second-order valence-electron chi connectivity index (χ2n) is 4.23. The smallest absolute Gasteiger partial charge is 0.311 e. The maximum absolute atomic E-state index is 11.6. The normalized spacial score (nSPS) is 26.9. The zero-order valence-electron chi connectivity index (χ0n) is 9.19. The maximum Gasteiger partial charge on any atom is 0.311 e. The number of amides is 1. The van der Waals surface area contributed by atoms with Crippen LogP contribution in [0.1, 0.15) is 26.7 Å². The number of rotatable bonds is 2. The average Bonchev–Trinajstić information content (AvgIpc) is 2.18. The van der Waals surface area contributed by atoms with Crippen LogP contribution in [0.5, 0.6) is 0 Å². The minimum Gasteiger partial charge on any atom is -0.481 e. The van der Waals surface area contributed by atoms with E-state index in [1.807, 2.05) is 0 Å². The van der Waals surface area contributed by atoms with Crippen LogP contribution < -0.4 is 0 Å². The molecule has 0 radical (unpaired) electrons. The third kappa shape index (κ3) is 2.58. The molecule has 0 spiro atoms. The molecule has 1 fully saturated rings. The Kier molecular flexibility index (Phi) is 3.50. The lowest BCUT2D eigenvalue weighted by molar-refractivity contribution is -0.152. The third-order valence-corrected chi connectivity index (χ3v) is 2.83. The number of carbonyl (C=O) groups is 2. The Hall–Kier alpha value is -1.32. The van der Waals surface area contributed by atoms with Gasteiger partial charge in [0.2, 0.25) is 5.91 Å². The van der Waals surface area contributed by atoms with Crippen LogP contribution in [0.2, 0.25) is 0 Å². The third-order valence-electron chi connectivity index (χ3n) is 2.83. The molecule has 1 N–H and O–H groups in total. The number of likely N-dealkylation sites (tertiary alicyclic amines) is 1. The minimum atomic E-state index is -0.819. The maximum atomic E-state index is 11.6. The molecule has 0 aromatic rings. The summed E-state index contributed by atoms with van der Waals surface area (Å²) < 4.78 is 0. The predicted molar refractivity (Wildman–Crippen MR) is 56.4 cm³/mol. The van der Waals surface area contributed by atoms with Crippen molar-refractivity contribution in [1.29, 1.82) is 0 Å². The van der Waals surface area contributed by atoms with E-state index in [-0.39, 0.29) is 5.91 Å². The average molecular weight is 211 g/mol. The van der Waals surface area contributed by atoms with E-state index < -0.39 is 11.4 Å². The Bertz CT molecular complexity index is 298. The first-order valence-corrected chi connectivity index (χ1v) is 5.14. The van der Waals surface area contributed by atoms with Gasteiger partial charge in [0.15, 0.2) is 0 Å². The number of hydrogen-bond acceptors (Lipinski definition) is 2. The molecule has 4 nitrogen and oxygen atoms in total. The molecule has 15 heavy (non-hydrogen) atoms. The van der Waals surface area contributed by atoms with E-state index in [0.29, 0.717) is 19.5 Å². The van der Waals surface area contributed by atoms with Crippen molar-refractivity contribution < 1.29 is 14.7 Å². The van der Waals surface area contributed by atoms with Crippen molar-refractivity contribution in [1.82, 2.24) is 4.90 Å². The molecule has 0 aromatic heterocycles. The minimum absolute atomic E-state index is 0.0929. The van der Waals surface area contributed by atoms with Gasteiger partial charge in [-0.15, -0.1) is 0 Å². The zero-order valence-corrected chi connectivity index (χ0v) is 9.19. The van der Waals surface area contributed by atoms with Gasteiger partial charge in [-0.3, -0.25) is 9.59 Å². The highest BCUT2D eigenvalue weighted by Crippen LogP contribution is 2.29. The predicted octanol–water partition coefficient (Wildman–Crippen LogP) is 1.28. The number of piperidine rings is 1. The number of carbonyl (C=O) groups excluding carboxylic acids is 1. The molecular weight excluding hydrogens is 194 g/mol. The van der Waals surface area contributed by atoms with Crippen molar-refractivity contribution in [2.75, 3.05) is 13.1 Å². The monoisotopic (exact) mass is 211 g/mol. The quantitative estimate of drug-likeness (QED) is 0.700. The molecule has 1 atom stereocenters. The van der Waals surface area contributed by atoms with Crippen LogP contribution in [0.3, 0.4) is 0 Å². The Labute approximate surface area is 89.6 Å². The molecule has 0 aliphatic carbocycles. The van der Waals surface area contributed by atoms with Gasteiger partial charge in [-0.25, -0.2) is 0 Å². The largest absolute Gasteiger partial charge is 0.481 e. The number of hydrogen-bond donors (Lipinski definition) is 1. The lowest BCUT2D eigenvalue weighted by Crippen LogP contribution is -2.47. The highest BCUT2D eigenvalue weighted by atomic mass is 16.4. The van der Waals surface area contributed by atoms with E-state index in [1.54, 1.807) is 24.8 Å². The van der Waals surface area contributed by atoms with E-state index in [9.17, 15) is 9.59 Å². The number of allylic oxidation sites excluding steroid dienone is 1. The van der Waals surface area contributed by atoms with Gasteiger partial charge in [-0.1, -0.05) is 6.08 Å². The van der Waals surface area contributed by atoms with Crippen LogP contribution >= 0.6 is 0 Å². The van der Waals surface area contributed by atoms with Crippen molar-refractivity contribution in [3.63, 3.8) is 0 Å². The Morgan fingerprint density at radius 1 is 1.47 bits per heavy atom. The van der Waals surface area contributed by atoms with Gasteiger partial charge in [-0.2, -0.15) is 0 Å². The fraction of sp³-hybridized carbons (Fsp3) is 0.636. The SMILES string of the molecule is C/C=C/C(=O)N1CCCC(C)(C(=O)O)C1. The van der Waals surface area contributed by atoms with Gasteiger partial charge in [0.25, 0.3) is 0 Å². The summed E-state index contributed by atoms with van der Waals surface area (Å²) in [7, 11) is 0. The molecular formula is C11H17NO3. The summed E-state index contributed by atoms with van der Waals surface area (Å²) in [6, 6.07) is 0. The molecule has 1 unspecified atom stereocenters. The summed E-state index contributed by atoms with van der Waals surface area (Å²) in [4.78, 5) is 24.2. The zero-order chi connectivity index (χ0) is 11.5. The van der Waals surface area contributed by atoms with Gasteiger partial charge >= 0.3 is 5.97 Å². The lowest BCUT2D eigenvalue weighted by Gasteiger charge is -2.37. The van der Waals surface area contributed by atoms with Crippen LogP contribution in [0, 0.1) is 5.41 Å². The summed E-state index contributed by atoms with van der Waals surface area (Å²) in [5, 5.41) is 9.07. The number of nitrogens with zero attached hydrogens (tertiary/aromatic N) is 1. The van der Waals surface area contributed by atoms with E-state index in [1.165, 1.54) is 6.08 Å². The summed E-state index contributed by atoms with van der Waals surface area (Å²) in [6.45, 7) is 4.44. The van der Waals surface area contributed by atoms with Gasteiger partial charge < -0.3 is 10.0 Å². The highest BCUT2D eigenvalue weighted by Gasteiger charge is 2.38. The molecule has 1 rings (SSSR count). The first-order chi connectivity index (χ1) is 6.99. The molecule has 0 saturated carbocycles. The summed E-state index contributed by atoms with van der Waals surface area (Å²) >= 11 is 0. The van der Waals surface area contributed by atoms with E-state index in [0.717, 1.165) is 6.42 Å². The van der Waals surface area contributed by atoms with Crippen molar-refractivity contribution in [3.05, 3.63) is 12.2 Å². The molecule has 0 bridgehead atoms. The van der Waals surface area contributed by atoms with E-state index >= 15 is 0 Å². The summed E-state index contributed by atoms with van der Waals surface area (Å²) in [6.07, 6.45) is 4.55. The highest BCUT2D eigenvalue weighted by molar-refractivity contribution is 5.88. The molecule has 1 amide bonds. The fourth-order valence-corrected chi connectivity index (χ4v) is 1.85. The standard InChI is InChI=1S/C11H17NO3/c1-3-5-9(13)12-7-4-6-11(2,8-12)10(14)15/h3,5H,4,6-8H2,1-2H3,(H,14,15)/b5-3+. The van der Waals surface area contributed by atoms with Crippen molar-refractivity contribution in [3.8, 4) is 0 Å². The topological polar surface area (TPSA) is 57.6 Å². The number of aliphatic carboxylic acids is 1. The summed E-state index contributed by atoms with van der Waals surface area (Å²) in [5.74, 6) is -0.912. The van der Waals surface area contributed by atoms with Crippen molar-refractivity contribution in [2.45, 2.75) is 26.7 Å². The lowest BCUT2D eigenvalue weighted by atomic mass is 9.82. The van der Waals surface area contributed by atoms with Gasteiger partial charge in [0.1, 0.15) is 0 Å². The van der Waals surface area contributed by atoms with E-state index in [2.05, 4.69) is 0 Å². The van der Waals surface area contributed by atoms with Gasteiger partial charge in [-0.05, 0) is 32.8 Å². The Morgan fingerprint density at radius 3 is 2.67 bits per heavy atom. The Balaban J connectivity index is 2.72. The van der Waals surface area contributed by atoms with Crippen LogP contribution in [0.4, 0.5) is 0 Å². The van der Waals surface area contributed by atoms with Crippen LogP contribution in [0.15, 0.2) is 12.2 Å². The number of carboxylic acid groups (broad SMARTS) is 1. The van der Waals surface area contributed by atoms with E-state index in [4.69, 9.17) is 5.11 Å². The molecule has 1 aliphatic heterocycles. The fourth-order valence-electron chi connectivity index (χ4n) is 1.85. The van der Waals surface area contributed by atoms with Crippen molar-refractivity contribution in [2.24, 2.45) is 5.41 Å². The molecule has 0 aromatic carbocycles. The second kappa shape index (κ2) is 4.47. The molecule has 1 saturated heterocycles. The van der Waals surface area contributed by atoms with Crippen LogP contribution in [0.25, 0.3) is 0 Å². The summed E-state index contributed by atoms with van der Waals surface area (Å²) in [5.41, 5.74) is -0.782. The van der Waals surface area contributed by atoms with Gasteiger partial charge in [0, 0.05) is 13.1 Å². The van der Waals surface area contributed by atoms with Crippen LogP contribution in [-0.2, 0) is 9.59 Å². The molecule has 1 heterocycles. The molecule has 4 heteroatoms.